The summed E-state index contributed by atoms with van der Waals surface area (Å²) in [5, 5.41) is 3.95. The van der Waals surface area contributed by atoms with Gasteiger partial charge in [0.05, 0.1) is 17.8 Å². The van der Waals surface area contributed by atoms with Crippen LogP contribution >= 0.6 is 0 Å². The van der Waals surface area contributed by atoms with E-state index in [1.807, 2.05) is 13.0 Å². The van der Waals surface area contributed by atoms with Crippen molar-refractivity contribution in [3.8, 4) is 23.2 Å². The second kappa shape index (κ2) is 7.23. The molecular weight excluding hydrogens is 427 g/mol. The van der Waals surface area contributed by atoms with E-state index in [9.17, 15) is 9.18 Å². The smallest absolute Gasteiger partial charge is 0.279 e. The van der Waals surface area contributed by atoms with Crippen LogP contribution in [0.5, 0.6) is 0 Å². The maximum absolute atomic E-state index is 14.9. The van der Waals surface area contributed by atoms with Crippen LogP contribution in [-0.4, -0.2) is 29.1 Å². The molecule has 10 heteroatoms. The first-order valence-electron chi connectivity index (χ1n) is 10.1. The number of aromatic nitrogens is 6. The molecule has 162 valence electrons. The lowest BCUT2D eigenvalue weighted by Gasteiger charge is -2.13. The number of furan rings is 1. The number of pyridine rings is 1. The van der Waals surface area contributed by atoms with E-state index < -0.39 is 11.4 Å². The van der Waals surface area contributed by atoms with E-state index in [1.165, 1.54) is 21.4 Å². The van der Waals surface area contributed by atoms with Gasteiger partial charge in [0.2, 0.25) is 5.82 Å². The average molecular weight is 442 g/mol. The monoisotopic (exact) mass is 442 g/mol. The van der Waals surface area contributed by atoms with Gasteiger partial charge in [-0.3, -0.25) is 18.7 Å². The maximum atomic E-state index is 14.9. The molecule has 0 fully saturated rings. The fourth-order valence-electron chi connectivity index (χ4n) is 3.87. The highest BCUT2D eigenvalue weighted by Crippen LogP contribution is 2.27. The van der Waals surface area contributed by atoms with Crippen LogP contribution in [0.25, 0.3) is 39.7 Å². The molecule has 33 heavy (non-hydrogen) atoms. The Morgan fingerprint density at radius 3 is 2.73 bits per heavy atom. The van der Waals surface area contributed by atoms with Crippen LogP contribution in [0.15, 0.2) is 74.8 Å². The molecule has 0 amide bonds. The molecule has 0 aliphatic carbocycles. The number of halogens is 1. The van der Waals surface area contributed by atoms with Crippen molar-refractivity contribution in [2.45, 2.75) is 13.5 Å². The van der Waals surface area contributed by atoms with Crippen molar-refractivity contribution in [2.24, 2.45) is 0 Å². The fourth-order valence-corrected chi connectivity index (χ4v) is 3.87. The molecule has 6 rings (SSSR count). The molecule has 0 saturated heterocycles. The van der Waals surface area contributed by atoms with Gasteiger partial charge in [-0.15, -0.1) is 0 Å². The summed E-state index contributed by atoms with van der Waals surface area (Å²) in [5.41, 5.74) is 1.17. The SMILES string of the molecule is Cc1ccc(-c2noc(-c3ncn4c3c(=O)n(Cc3ccccn3)c3c(F)cccc34)n2)o1. The summed E-state index contributed by atoms with van der Waals surface area (Å²) in [6, 6.07) is 13.5. The summed E-state index contributed by atoms with van der Waals surface area (Å²) in [6.45, 7) is 1.89. The highest BCUT2D eigenvalue weighted by molar-refractivity contribution is 5.84. The lowest BCUT2D eigenvalue weighted by atomic mass is 10.2. The van der Waals surface area contributed by atoms with E-state index in [-0.39, 0.29) is 35.0 Å². The van der Waals surface area contributed by atoms with Crippen LogP contribution in [0.3, 0.4) is 0 Å². The summed E-state index contributed by atoms with van der Waals surface area (Å²) in [7, 11) is 0. The van der Waals surface area contributed by atoms with Gasteiger partial charge in [-0.1, -0.05) is 17.3 Å². The fraction of sp³-hybridized carbons (Fsp3) is 0.0870. The Balaban J connectivity index is 1.60. The number of fused-ring (bicyclic) bond motifs is 3. The van der Waals surface area contributed by atoms with Gasteiger partial charge in [0.25, 0.3) is 11.4 Å². The van der Waals surface area contributed by atoms with Crippen LogP contribution in [-0.2, 0) is 6.54 Å². The molecule has 1 aromatic carbocycles. The third-order valence-corrected chi connectivity index (χ3v) is 5.35. The largest absolute Gasteiger partial charge is 0.458 e. The summed E-state index contributed by atoms with van der Waals surface area (Å²) < 4.78 is 28.7. The minimum Gasteiger partial charge on any atom is -0.458 e. The van der Waals surface area contributed by atoms with Gasteiger partial charge >= 0.3 is 0 Å². The first-order chi connectivity index (χ1) is 16.1. The minimum atomic E-state index is -0.522. The number of aryl methyl sites for hydroxylation is 1. The highest BCUT2D eigenvalue weighted by atomic mass is 19.1. The summed E-state index contributed by atoms with van der Waals surface area (Å²) in [6.07, 6.45) is 3.07. The molecule has 0 aliphatic heterocycles. The molecule has 5 aromatic heterocycles. The molecule has 9 nitrogen and oxygen atoms in total. The van der Waals surface area contributed by atoms with Crippen molar-refractivity contribution in [2.75, 3.05) is 0 Å². The third-order valence-electron chi connectivity index (χ3n) is 5.35. The molecule has 6 aromatic rings. The number of para-hydroxylation sites is 1. The standard InChI is InChI=1S/C23H15FN6O3/c1-13-8-9-17(32-13)21-27-22(33-28-21)18-20-23(31)29(11-14-5-2-3-10-25-14)19-15(24)6-4-7-16(19)30(20)12-26-18/h2-10,12H,11H2,1H3. The number of rotatable bonds is 4. The van der Waals surface area contributed by atoms with E-state index in [2.05, 4.69) is 20.1 Å². The van der Waals surface area contributed by atoms with Crippen molar-refractivity contribution in [3.63, 3.8) is 0 Å². The van der Waals surface area contributed by atoms with Crippen LogP contribution in [0, 0.1) is 12.7 Å². The number of benzene rings is 1. The molecule has 0 spiro atoms. The van der Waals surface area contributed by atoms with Crippen LogP contribution in [0.2, 0.25) is 0 Å². The molecular formula is C23H15FN6O3. The predicted molar refractivity (Wildman–Crippen MR) is 116 cm³/mol. The molecule has 0 saturated carbocycles. The van der Waals surface area contributed by atoms with Crippen molar-refractivity contribution < 1.29 is 13.3 Å². The van der Waals surface area contributed by atoms with Crippen molar-refractivity contribution in [1.29, 1.82) is 0 Å². The normalized spacial score (nSPS) is 11.6. The van der Waals surface area contributed by atoms with Gasteiger partial charge in [0.15, 0.2) is 11.5 Å². The molecule has 0 unspecified atom stereocenters. The predicted octanol–water partition coefficient (Wildman–Crippen LogP) is 3.85. The lowest BCUT2D eigenvalue weighted by molar-refractivity contribution is 0.428. The Kier molecular flexibility index (Phi) is 4.19. The van der Waals surface area contributed by atoms with Crippen LogP contribution in [0.1, 0.15) is 11.5 Å². The van der Waals surface area contributed by atoms with Crippen LogP contribution in [0.4, 0.5) is 4.39 Å². The van der Waals surface area contributed by atoms with Gasteiger partial charge in [0, 0.05) is 6.20 Å². The summed E-state index contributed by atoms with van der Waals surface area (Å²) in [5.74, 6) is 0.908. The van der Waals surface area contributed by atoms with Gasteiger partial charge in [-0.05, 0) is 43.3 Å². The first kappa shape index (κ1) is 19.1. The maximum Gasteiger partial charge on any atom is 0.279 e. The van der Waals surface area contributed by atoms with E-state index >= 15 is 0 Å². The number of hydrogen-bond donors (Lipinski definition) is 0. The van der Waals surface area contributed by atoms with Crippen molar-refractivity contribution in [1.82, 2.24) is 29.1 Å². The van der Waals surface area contributed by atoms with E-state index in [1.54, 1.807) is 42.6 Å². The van der Waals surface area contributed by atoms with Crippen molar-refractivity contribution >= 4 is 16.6 Å². The Bertz CT molecular complexity index is 1700. The van der Waals surface area contributed by atoms with Gasteiger partial charge in [-0.2, -0.15) is 4.98 Å². The second-order valence-corrected chi connectivity index (χ2v) is 7.47. The molecule has 0 bridgehead atoms. The average Bonchev–Trinajstić information content (AvgIpc) is 3.56. The van der Waals surface area contributed by atoms with Crippen molar-refractivity contribution in [3.05, 3.63) is 88.7 Å². The molecule has 0 atom stereocenters. The molecule has 0 aliphatic rings. The zero-order valence-corrected chi connectivity index (χ0v) is 17.3. The van der Waals surface area contributed by atoms with Crippen LogP contribution < -0.4 is 5.56 Å². The quantitative estimate of drug-likeness (QED) is 0.408. The zero-order valence-electron chi connectivity index (χ0n) is 17.3. The number of nitrogens with zero attached hydrogens (tertiary/aromatic N) is 6. The Morgan fingerprint density at radius 1 is 1.03 bits per heavy atom. The van der Waals surface area contributed by atoms with Gasteiger partial charge < -0.3 is 8.94 Å². The topological polar surface area (TPSA) is 104 Å². The zero-order chi connectivity index (χ0) is 22.5. The van der Waals surface area contributed by atoms with E-state index in [4.69, 9.17) is 8.94 Å². The highest BCUT2D eigenvalue weighted by Gasteiger charge is 2.23. The second-order valence-electron chi connectivity index (χ2n) is 7.47. The lowest BCUT2D eigenvalue weighted by Crippen LogP contribution is -2.24. The summed E-state index contributed by atoms with van der Waals surface area (Å²) >= 11 is 0. The number of imidazole rings is 1. The Labute approximate surface area is 184 Å². The third kappa shape index (κ3) is 3.03. The Morgan fingerprint density at radius 2 is 1.94 bits per heavy atom. The molecule has 5 heterocycles. The molecule has 0 N–H and O–H groups in total. The number of hydrogen-bond acceptors (Lipinski definition) is 7. The van der Waals surface area contributed by atoms with E-state index in [0.717, 1.165) is 0 Å². The van der Waals surface area contributed by atoms with Gasteiger partial charge in [-0.25, -0.2) is 9.37 Å². The minimum absolute atomic E-state index is 0.0544. The molecule has 0 radical (unpaired) electrons. The van der Waals surface area contributed by atoms with E-state index in [0.29, 0.717) is 22.7 Å². The first-order valence-corrected chi connectivity index (χ1v) is 10.1. The summed E-state index contributed by atoms with van der Waals surface area (Å²) in [4.78, 5) is 26.6. The Hall–Kier alpha value is -4.60. The van der Waals surface area contributed by atoms with Gasteiger partial charge in [0.1, 0.15) is 28.9 Å².